The van der Waals surface area contributed by atoms with Gasteiger partial charge in [-0.05, 0) is 106 Å². The molecule has 4 saturated carbocycles. The number of amides is 3. The first-order chi connectivity index (χ1) is 17.0. The monoisotopic (exact) mass is 477 g/mol. The summed E-state index contributed by atoms with van der Waals surface area (Å²) in [5, 5.41) is 3.04. The lowest BCUT2D eigenvalue weighted by molar-refractivity contribution is -0.160. The third-order valence-electron chi connectivity index (χ3n) is 9.60. The van der Waals surface area contributed by atoms with Crippen molar-refractivity contribution in [3.63, 3.8) is 0 Å². The van der Waals surface area contributed by atoms with Gasteiger partial charge in [0.2, 0.25) is 11.8 Å². The Hall–Kier alpha value is -2.37. The van der Waals surface area contributed by atoms with Crippen LogP contribution >= 0.6 is 0 Å². The highest BCUT2D eigenvalue weighted by atomic mass is 16.2. The van der Waals surface area contributed by atoms with Crippen molar-refractivity contribution in [3.8, 4) is 0 Å². The molecule has 4 aliphatic carbocycles. The van der Waals surface area contributed by atoms with Gasteiger partial charge in [-0.3, -0.25) is 14.4 Å². The maximum Gasteiger partial charge on any atom is 0.253 e. The molecule has 6 fully saturated rings. The number of nitrogens with zero attached hydrogens (tertiary/aromatic N) is 2. The van der Waals surface area contributed by atoms with Crippen molar-refractivity contribution < 1.29 is 14.4 Å². The molecule has 3 amide bonds. The van der Waals surface area contributed by atoms with E-state index in [9.17, 15) is 14.4 Å². The van der Waals surface area contributed by atoms with Crippen LogP contribution in [0.1, 0.15) is 87.4 Å². The number of rotatable bonds is 4. The van der Waals surface area contributed by atoms with E-state index in [1.165, 1.54) is 32.1 Å². The molecule has 2 heterocycles. The number of carbonyl (C=O) groups is 3. The number of anilines is 1. The Morgan fingerprint density at radius 2 is 1.37 bits per heavy atom. The molecule has 1 atom stereocenters. The predicted octanol–water partition coefficient (Wildman–Crippen LogP) is 4.85. The van der Waals surface area contributed by atoms with E-state index in [0.29, 0.717) is 17.8 Å². The van der Waals surface area contributed by atoms with Crippen molar-refractivity contribution >= 4 is 23.4 Å². The van der Waals surface area contributed by atoms with Gasteiger partial charge < -0.3 is 15.1 Å². The van der Waals surface area contributed by atoms with E-state index in [4.69, 9.17) is 0 Å². The zero-order valence-electron chi connectivity index (χ0n) is 20.8. The fraction of sp³-hybridized carbons (Fsp3) is 0.690. The standard InChI is InChI=1S/C29H39N3O3/c33-26(30-24-9-7-23(8-10-24)27(34)31-11-3-1-2-4-12-31)25-6-5-13-32(25)28(35)29-17-20-14-21(18-29)16-22(15-20)19-29/h7-10,20-22,25H,1-6,11-19H2,(H,30,33). The summed E-state index contributed by atoms with van der Waals surface area (Å²) in [6.45, 7) is 2.35. The molecule has 0 spiro atoms. The lowest BCUT2D eigenvalue weighted by Gasteiger charge is -2.56. The van der Waals surface area contributed by atoms with Crippen molar-refractivity contribution in [1.82, 2.24) is 9.80 Å². The van der Waals surface area contributed by atoms with Crippen LogP contribution in [0, 0.1) is 23.2 Å². The summed E-state index contributed by atoms with van der Waals surface area (Å²) in [6, 6.07) is 6.90. The van der Waals surface area contributed by atoms with Gasteiger partial charge in [0.1, 0.15) is 6.04 Å². The molecule has 1 aromatic rings. The molecule has 1 unspecified atom stereocenters. The van der Waals surface area contributed by atoms with Gasteiger partial charge >= 0.3 is 0 Å². The normalized spacial score (nSPS) is 34.1. The summed E-state index contributed by atoms with van der Waals surface area (Å²) in [5.74, 6) is 2.40. The van der Waals surface area contributed by atoms with Gasteiger partial charge in [-0.2, -0.15) is 0 Å². The van der Waals surface area contributed by atoms with E-state index in [-0.39, 0.29) is 29.2 Å². The lowest BCUT2D eigenvalue weighted by Crippen LogP contribution is -2.56. The Balaban J connectivity index is 1.10. The van der Waals surface area contributed by atoms with Crippen LogP contribution in [0.3, 0.4) is 0 Å². The number of hydrogen-bond donors (Lipinski definition) is 1. The summed E-state index contributed by atoms with van der Waals surface area (Å²) in [6.07, 6.45) is 13.2. The molecule has 0 aromatic heterocycles. The molecule has 4 bridgehead atoms. The zero-order chi connectivity index (χ0) is 24.0. The van der Waals surface area contributed by atoms with Crippen LogP contribution in [0.2, 0.25) is 0 Å². The van der Waals surface area contributed by atoms with E-state index >= 15 is 0 Å². The highest BCUT2D eigenvalue weighted by molar-refractivity contribution is 5.99. The fourth-order valence-electron chi connectivity index (χ4n) is 8.34. The first-order valence-electron chi connectivity index (χ1n) is 14.0. The minimum Gasteiger partial charge on any atom is -0.339 e. The number of benzene rings is 1. The second-order valence-corrected chi connectivity index (χ2v) is 12.1. The maximum absolute atomic E-state index is 13.9. The van der Waals surface area contributed by atoms with Gasteiger partial charge in [-0.15, -0.1) is 0 Å². The van der Waals surface area contributed by atoms with Crippen LogP contribution in [0.25, 0.3) is 0 Å². The molecule has 1 N–H and O–H groups in total. The number of likely N-dealkylation sites (tertiary alicyclic amines) is 2. The van der Waals surface area contributed by atoms with Crippen molar-refractivity contribution in [3.05, 3.63) is 29.8 Å². The molecule has 2 saturated heterocycles. The molecule has 1 aromatic carbocycles. The van der Waals surface area contributed by atoms with Crippen LogP contribution in [-0.2, 0) is 9.59 Å². The van der Waals surface area contributed by atoms with Crippen molar-refractivity contribution in [2.45, 2.75) is 83.1 Å². The summed E-state index contributed by atoms with van der Waals surface area (Å²) in [5.41, 5.74) is 1.16. The minimum atomic E-state index is -0.381. The van der Waals surface area contributed by atoms with Gasteiger partial charge in [0.15, 0.2) is 0 Å². The average molecular weight is 478 g/mol. The molecule has 0 radical (unpaired) electrons. The Morgan fingerprint density at radius 3 is 1.97 bits per heavy atom. The van der Waals surface area contributed by atoms with Crippen LogP contribution in [0.15, 0.2) is 24.3 Å². The van der Waals surface area contributed by atoms with E-state index in [0.717, 1.165) is 75.8 Å². The zero-order valence-corrected chi connectivity index (χ0v) is 20.8. The quantitative estimate of drug-likeness (QED) is 0.674. The topological polar surface area (TPSA) is 69.7 Å². The molecule has 7 rings (SSSR count). The average Bonchev–Trinajstić information content (AvgIpc) is 3.18. The first kappa shape index (κ1) is 23.1. The minimum absolute atomic E-state index is 0.0768. The lowest BCUT2D eigenvalue weighted by atomic mass is 9.49. The Kier molecular flexibility index (Phi) is 6.10. The number of carbonyl (C=O) groups excluding carboxylic acids is 3. The molecule has 2 aliphatic heterocycles. The molecule has 6 heteroatoms. The molecule has 6 aliphatic rings. The van der Waals surface area contributed by atoms with Crippen LogP contribution in [0.4, 0.5) is 5.69 Å². The van der Waals surface area contributed by atoms with Crippen molar-refractivity contribution in [2.75, 3.05) is 25.0 Å². The first-order valence-corrected chi connectivity index (χ1v) is 14.0. The molecule has 35 heavy (non-hydrogen) atoms. The summed E-state index contributed by atoms with van der Waals surface area (Å²) in [7, 11) is 0. The van der Waals surface area contributed by atoms with E-state index in [1.54, 1.807) is 0 Å². The predicted molar refractivity (Wildman–Crippen MR) is 135 cm³/mol. The van der Waals surface area contributed by atoms with Crippen molar-refractivity contribution in [1.29, 1.82) is 0 Å². The van der Waals surface area contributed by atoms with E-state index in [1.807, 2.05) is 34.1 Å². The van der Waals surface area contributed by atoms with Crippen molar-refractivity contribution in [2.24, 2.45) is 23.2 Å². The largest absolute Gasteiger partial charge is 0.339 e. The summed E-state index contributed by atoms with van der Waals surface area (Å²) < 4.78 is 0. The smallest absolute Gasteiger partial charge is 0.253 e. The van der Waals surface area contributed by atoms with Gasteiger partial charge in [0.25, 0.3) is 5.91 Å². The van der Waals surface area contributed by atoms with Crippen LogP contribution in [0.5, 0.6) is 0 Å². The number of hydrogen-bond acceptors (Lipinski definition) is 3. The van der Waals surface area contributed by atoms with Gasteiger partial charge in [0, 0.05) is 30.9 Å². The third-order valence-corrected chi connectivity index (χ3v) is 9.60. The third kappa shape index (κ3) is 4.38. The Morgan fingerprint density at radius 1 is 0.771 bits per heavy atom. The van der Waals surface area contributed by atoms with E-state index in [2.05, 4.69) is 5.32 Å². The SMILES string of the molecule is O=C(Nc1ccc(C(=O)N2CCCCCC2)cc1)C1CCCN1C(=O)C12CC3CC(CC(C3)C1)C2. The van der Waals surface area contributed by atoms with Crippen LogP contribution < -0.4 is 5.32 Å². The highest BCUT2D eigenvalue weighted by Crippen LogP contribution is 2.60. The van der Waals surface area contributed by atoms with E-state index < -0.39 is 0 Å². The molecular weight excluding hydrogens is 438 g/mol. The Bertz CT molecular complexity index is 944. The summed E-state index contributed by atoms with van der Waals surface area (Å²) in [4.78, 5) is 43.9. The fourth-order valence-corrected chi connectivity index (χ4v) is 8.34. The molecular formula is C29H39N3O3. The van der Waals surface area contributed by atoms with Gasteiger partial charge in [0.05, 0.1) is 5.41 Å². The maximum atomic E-state index is 13.9. The second-order valence-electron chi connectivity index (χ2n) is 12.1. The van der Waals surface area contributed by atoms with Gasteiger partial charge in [-0.25, -0.2) is 0 Å². The molecule has 6 nitrogen and oxygen atoms in total. The highest BCUT2D eigenvalue weighted by Gasteiger charge is 2.56. The Labute approximate surface area is 208 Å². The van der Waals surface area contributed by atoms with Crippen LogP contribution in [-0.4, -0.2) is 53.2 Å². The van der Waals surface area contributed by atoms with Gasteiger partial charge in [-0.1, -0.05) is 12.8 Å². The number of nitrogens with one attached hydrogen (secondary N) is 1. The molecule has 188 valence electrons. The summed E-state index contributed by atoms with van der Waals surface area (Å²) >= 11 is 0. The second kappa shape index (κ2) is 9.25.